The molecule has 0 saturated carbocycles. The van der Waals surface area contributed by atoms with E-state index in [1.807, 2.05) is 0 Å². The molecule has 0 amide bonds. The second kappa shape index (κ2) is 6.87. The first-order chi connectivity index (χ1) is 11.5. The lowest BCUT2D eigenvalue weighted by Gasteiger charge is -2.35. The molecule has 0 fully saturated rings. The Hall–Kier alpha value is -2.35. The summed E-state index contributed by atoms with van der Waals surface area (Å²) in [6, 6.07) is 2.74. The van der Waals surface area contributed by atoms with Crippen molar-refractivity contribution in [1.29, 1.82) is 0 Å². The van der Waals surface area contributed by atoms with Crippen LogP contribution < -0.4 is 0 Å². The van der Waals surface area contributed by atoms with E-state index in [1.54, 1.807) is 20.8 Å². The quantitative estimate of drug-likeness (QED) is 0.836. The second-order valence-corrected chi connectivity index (χ2v) is 6.94. The first kappa shape index (κ1) is 19.0. The van der Waals surface area contributed by atoms with Crippen molar-refractivity contribution < 1.29 is 23.4 Å². The van der Waals surface area contributed by atoms with Crippen molar-refractivity contribution >= 4 is 5.97 Å². The molecule has 0 saturated heterocycles. The summed E-state index contributed by atoms with van der Waals surface area (Å²) in [5.41, 5.74) is -3.18. The van der Waals surface area contributed by atoms with Crippen LogP contribution in [0.25, 0.3) is 0 Å². The van der Waals surface area contributed by atoms with Crippen LogP contribution in [-0.4, -0.2) is 31.9 Å². The highest BCUT2D eigenvalue weighted by Crippen LogP contribution is 2.33. The summed E-state index contributed by atoms with van der Waals surface area (Å²) in [7, 11) is 0. The number of hydrogen-bond donors (Lipinski definition) is 1. The van der Waals surface area contributed by atoms with Gasteiger partial charge in [-0.2, -0.15) is 5.10 Å². The van der Waals surface area contributed by atoms with Gasteiger partial charge >= 0.3 is 5.97 Å². The van der Waals surface area contributed by atoms with Crippen LogP contribution >= 0.6 is 0 Å². The van der Waals surface area contributed by atoms with E-state index in [0.717, 1.165) is 18.2 Å². The lowest BCUT2D eigenvalue weighted by Crippen LogP contribution is -2.46. The fourth-order valence-corrected chi connectivity index (χ4v) is 2.26. The van der Waals surface area contributed by atoms with Crippen molar-refractivity contribution in [1.82, 2.24) is 14.8 Å². The van der Waals surface area contributed by atoms with Gasteiger partial charge in [0.05, 0.1) is 12.0 Å². The molecule has 1 aromatic carbocycles. The Morgan fingerprint density at radius 2 is 2.04 bits per heavy atom. The normalized spacial score (nSPS) is 15.5. The van der Waals surface area contributed by atoms with E-state index in [4.69, 9.17) is 4.74 Å². The number of rotatable bonds is 5. The molecule has 0 bridgehead atoms. The summed E-state index contributed by atoms with van der Waals surface area (Å²) < 4.78 is 34.6. The number of aromatic nitrogens is 3. The van der Waals surface area contributed by atoms with Crippen molar-refractivity contribution in [2.45, 2.75) is 45.9 Å². The molecule has 2 rings (SSSR count). The highest BCUT2D eigenvalue weighted by molar-refractivity contribution is 5.75. The van der Waals surface area contributed by atoms with Gasteiger partial charge in [-0.3, -0.25) is 4.79 Å². The van der Waals surface area contributed by atoms with Gasteiger partial charge < -0.3 is 9.84 Å². The van der Waals surface area contributed by atoms with Gasteiger partial charge in [-0.15, -0.1) is 0 Å². The van der Waals surface area contributed by atoms with E-state index in [0.29, 0.717) is 0 Å². The average molecular weight is 353 g/mol. The van der Waals surface area contributed by atoms with Crippen LogP contribution in [0, 0.1) is 17.0 Å². The highest BCUT2D eigenvalue weighted by atomic mass is 19.1. The molecule has 8 heteroatoms. The van der Waals surface area contributed by atoms with Crippen molar-refractivity contribution in [2.75, 3.05) is 0 Å². The van der Waals surface area contributed by atoms with Crippen LogP contribution in [0.15, 0.2) is 30.9 Å². The Balaban J connectivity index is 2.45. The van der Waals surface area contributed by atoms with Gasteiger partial charge in [0.1, 0.15) is 36.0 Å². The third-order valence-corrected chi connectivity index (χ3v) is 3.83. The second-order valence-electron chi connectivity index (χ2n) is 6.94. The largest absolute Gasteiger partial charge is 0.459 e. The number of esters is 1. The zero-order chi connectivity index (χ0) is 18.8. The molecular formula is C17H21F2N3O3. The molecule has 0 aliphatic carbocycles. The lowest BCUT2D eigenvalue weighted by atomic mass is 9.87. The van der Waals surface area contributed by atoms with Crippen molar-refractivity contribution in [3.63, 3.8) is 0 Å². The maximum atomic E-state index is 14.3. The van der Waals surface area contributed by atoms with Crippen LogP contribution in [0.3, 0.4) is 0 Å². The highest BCUT2D eigenvalue weighted by Gasteiger charge is 2.43. The number of hydrogen-bond acceptors (Lipinski definition) is 5. The van der Waals surface area contributed by atoms with Crippen LogP contribution in [0.5, 0.6) is 0 Å². The summed E-state index contributed by atoms with van der Waals surface area (Å²) >= 11 is 0. The minimum atomic E-state index is -2.04. The predicted octanol–water partition coefficient (Wildman–Crippen LogP) is 2.42. The van der Waals surface area contributed by atoms with Gasteiger partial charge in [0, 0.05) is 5.56 Å². The molecule has 0 radical (unpaired) electrons. The van der Waals surface area contributed by atoms with Gasteiger partial charge in [-0.05, 0) is 45.9 Å². The maximum absolute atomic E-state index is 14.3. The number of ether oxygens (including phenoxy) is 1. The molecule has 136 valence electrons. The van der Waals surface area contributed by atoms with Crippen LogP contribution in [0.2, 0.25) is 0 Å². The van der Waals surface area contributed by atoms with Crippen LogP contribution in [0.1, 0.15) is 33.3 Å². The molecule has 2 atom stereocenters. The number of aliphatic hydroxyl groups is 1. The number of nitrogens with zero attached hydrogens (tertiary/aromatic N) is 3. The molecule has 0 aliphatic rings. The minimum Gasteiger partial charge on any atom is -0.459 e. The summed E-state index contributed by atoms with van der Waals surface area (Å²) in [6.45, 7) is 6.11. The van der Waals surface area contributed by atoms with Crippen LogP contribution in [0.4, 0.5) is 8.78 Å². The summed E-state index contributed by atoms with van der Waals surface area (Å²) in [5.74, 6) is -2.11. The van der Waals surface area contributed by atoms with Crippen molar-refractivity contribution in [3.05, 3.63) is 48.1 Å². The van der Waals surface area contributed by atoms with Crippen molar-refractivity contribution in [2.24, 2.45) is 5.41 Å². The average Bonchev–Trinajstić information content (AvgIpc) is 3.01. The van der Waals surface area contributed by atoms with Crippen LogP contribution in [-0.2, 0) is 21.7 Å². The van der Waals surface area contributed by atoms with Gasteiger partial charge in [0.15, 0.2) is 0 Å². The van der Waals surface area contributed by atoms with Gasteiger partial charge in [0.2, 0.25) is 0 Å². The fraction of sp³-hybridized carbons (Fsp3) is 0.471. The fourth-order valence-electron chi connectivity index (χ4n) is 2.26. The third-order valence-electron chi connectivity index (χ3n) is 3.83. The Labute approximate surface area is 144 Å². The van der Waals surface area contributed by atoms with Crippen molar-refractivity contribution in [3.8, 4) is 0 Å². The molecule has 1 aromatic heterocycles. The molecule has 25 heavy (non-hydrogen) atoms. The molecule has 1 N–H and O–H groups in total. The Morgan fingerprint density at radius 1 is 1.36 bits per heavy atom. The Bertz CT molecular complexity index is 744. The third kappa shape index (κ3) is 4.19. The molecule has 0 spiro atoms. The first-order valence-corrected chi connectivity index (χ1v) is 7.75. The maximum Gasteiger partial charge on any atom is 0.311 e. The summed E-state index contributed by atoms with van der Waals surface area (Å²) in [5, 5.41) is 15.0. The number of benzene rings is 1. The van der Waals surface area contributed by atoms with E-state index in [9.17, 15) is 18.7 Å². The molecule has 1 heterocycles. The molecule has 2 unspecified atom stereocenters. The monoisotopic (exact) mass is 353 g/mol. The lowest BCUT2D eigenvalue weighted by molar-refractivity contribution is -0.176. The predicted molar refractivity (Wildman–Crippen MR) is 85.3 cm³/mol. The van der Waals surface area contributed by atoms with E-state index < -0.39 is 34.7 Å². The van der Waals surface area contributed by atoms with E-state index in [1.165, 1.54) is 24.3 Å². The van der Waals surface area contributed by atoms with E-state index in [-0.39, 0.29) is 12.1 Å². The summed E-state index contributed by atoms with van der Waals surface area (Å²) in [6.07, 6.45) is 1.40. The number of carbonyl (C=O) groups is 1. The zero-order valence-corrected chi connectivity index (χ0v) is 14.5. The standard InChI is InChI=1S/C17H21F2N3O3/c1-11(25-15(23)16(2,3)4)17(24,8-22-10-20-9-21-22)13-7-12(18)5-6-14(13)19/h5-7,9-11,24H,8H2,1-4H3. The topological polar surface area (TPSA) is 77.2 Å². The molecule has 0 aliphatic heterocycles. The zero-order valence-electron chi connectivity index (χ0n) is 14.5. The minimum absolute atomic E-state index is 0.272. The number of halogens is 2. The Morgan fingerprint density at radius 3 is 2.60 bits per heavy atom. The van der Waals surface area contributed by atoms with Gasteiger partial charge in [-0.1, -0.05) is 0 Å². The number of carbonyl (C=O) groups excluding carboxylic acids is 1. The Kier molecular flexibility index (Phi) is 5.22. The SMILES string of the molecule is CC(OC(=O)C(C)(C)C)C(O)(Cn1cncn1)c1cc(F)ccc1F. The van der Waals surface area contributed by atoms with Gasteiger partial charge in [-0.25, -0.2) is 18.4 Å². The van der Waals surface area contributed by atoms with E-state index >= 15 is 0 Å². The summed E-state index contributed by atoms with van der Waals surface area (Å²) in [4.78, 5) is 15.9. The molecule has 2 aromatic rings. The molecular weight excluding hydrogens is 332 g/mol. The first-order valence-electron chi connectivity index (χ1n) is 7.75. The van der Waals surface area contributed by atoms with E-state index in [2.05, 4.69) is 10.1 Å². The smallest absolute Gasteiger partial charge is 0.311 e. The van der Waals surface area contributed by atoms with Gasteiger partial charge in [0.25, 0.3) is 0 Å². The molecule has 6 nitrogen and oxygen atoms in total.